The molecule has 9 nitrogen and oxygen atoms in total. The first-order valence-electron chi connectivity index (χ1n) is 9.67. The van der Waals surface area contributed by atoms with Gasteiger partial charge in [-0.25, -0.2) is 22.6 Å². The van der Waals surface area contributed by atoms with Crippen molar-refractivity contribution in [2.75, 3.05) is 10.6 Å². The Morgan fingerprint density at radius 1 is 1.14 bits per heavy atom. The molecule has 0 bridgehead atoms. The van der Waals surface area contributed by atoms with Crippen molar-refractivity contribution in [3.05, 3.63) is 48.3 Å². The van der Waals surface area contributed by atoms with Crippen molar-refractivity contribution in [2.24, 2.45) is 5.73 Å². The summed E-state index contributed by atoms with van der Waals surface area (Å²) in [5.74, 6) is 0.790. The van der Waals surface area contributed by atoms with Gasteiger partial charge in [0.1, 0.15) is 5.82 Å². The van der Waals surface area contributed by atoms with E-state index in [0.717, 1.165) is 54.1 Å². The second kappa shape index (κ2) is 8.76. The van der Waals surface area contributed by atoms with Gasteiger partial charge in [0.05, 0.1) is 5.69 Å². The SMILES string of the molecule is NC1CCC(Nc2cc(Nc3ccc(CN[SH](=O)=O)cc3)c3nccn3n2)CC1. The van der Waals surface area contributed by atoms with E-state index in [1.165, 1.54) is 0 Å². The molecule has 5 N–H and O–H groups in total. The van der Waals surface area contributed by atoms with Crippen LogP contribution in [0.15, 0.2) is 42.7 Å². The molecule has 0 amide bonds. The fourth-order valence-electron chi connectivity index (χ4n) is 3.57. The van der Waals surface area contributed by atoms with Gasteiger partial charge in [0, 0.05) is 42.8 Å². The van der Waals surface area contributed by atoms with Crippen molar-refractivity contribution in [2.45, 2.75) is 44.3 Å². The summed E-state index contributed by atoms with van der Waals surface area (Å²) in [5, 5.41) is 11.5. The molecular formula is C19H25N7O2S. The van der Waals surface area contributed by atoms with Gasteiger partial charge in [0.2, 0.25) is 10.9 Å². The molecule has 4 rings (SSSR count). The zero-order valence-corrected chi connectivity index (χ0v) is 16.8. The van der Waals surface area contributed by atoms with Gasteiger partial charge in [-0.15, -0.1) is 5.10 Å². The lowest BCUT2D eigenvalue weighted by Crippen LogP contribution is -2.33. The topological polar surface area (TPSA) is 126 Å². The Kier molecular flexibility index (Phi) is 5.93. The summed E-state index contributed by atoms with van der Waals surface area (Å²) >= 11 is 0. The van der Waals surface area contributed by atoms with Crippen LogP contribution in [0, 0.1) is 0 Å². The first-order valence-corrected chi connectivity index (χ1v) is 10.8. The van der Waals surface area contributed by atoms with Crippen molar-refractivity contribution in [3.8, 4) is 0 Å². The third-order valence-electron chi connectivity index (χ3n) is 5.13. The average molecular weight is 416 g/mol. The summed E-state index contributed by atoms with van der Waals surface area (Å²) in [7, 11) is -2.60. The summed E-state index contributed by atoms with van der Waals surface area (Å²) in [6.45, 7) is 0.276. The third-order valence-corrected chi connectivity index (χ3v) is 5.54. The summed E-state index contributed by atoms with van der Waals surface area (Å²) in [5.41, 5.74) is 9.34. The largest absolute Gasteiger partial charge is 0.366 e. The van der Waals surface area contributed by atoms with Gasteiger partial charge in [-0.1, -0.05) is 12.1 Å². The molecule has 29 heavy (non-hydrogen) atoms. The van der Waals surface area contributed by atoms with Gasteiger partial charge < -0.3 is 16.4 Å². The highest BCUT2D eigenvalue weighted by atomic mass is 32.2. The molecule has 10 heteroatoms. The highest BCUT2D eigenvalue weighted by Gasteiger charge is 2.19. The van der Waals surface area contributed by atoms with Crippen LogP contribution in [-0.2, 0) is 17.4 Å². The molecule has 0 aliphatic heterocycles. The van der Waals surface area contributed by atoms with Crippen molar-refractivity contribution in [1.29, 1.82) is 0 Å². The van der Waals surface area contributed by atoms with E-state index in [1.807, 2.05) is 36.5 Å². The van der Waals surface area contributed by atoms with E-state index in [0.29, 0.717) is 12.1 Å². The van der Waals surface area contributed by atoms with Crippen molar-refractivity contribution >= 4 is 33.7 Å². The molecule has 1 fully saturated rings. The molecule has 154 valence electrons. The molecule has 1 saturated carbocycles. The number of anilines is 3. The van der Waals surface area contributed by atoms with Gasteiger partial charge >= 0.3 is 0 Å². The molecule has 0 saturated heterocycles. The molecule has 0 atom stereocenters. The second-order valence-corrected chi connectivity index (χ2v) is 8.14. The lowest BCUT2D eigenvalue weighted by molar-refractivity contribution is 0.410. The number of hydrogen-bond donors (Lipinski definition) is 5. The molecule has 1 aliphatic rings. The van der Waals surface area contributed by atoms with Crippen LogP contribution in [0.2, 0.25) is 0 Å². The maximum Gasteiger partial charge on any atom is 0.201 e. The Labute approximate surface area is 170 Å². The van der Waals surface area contributed by atoms with E-state index >= 15 is 0 Å². The third kappa shape index (κ3) is 5.03. The van der Waals surface area contributed by atoms with Crippen LogP contribution in [0.25, 0.3) is 5.65 Å². The summed E-state index contributed by atoms with van der Waals surface area (Å²) in [4.78, 5) is 4.40. The molecule has 2 heterocycles. The molecule has 0 unspecified atom stereocenters. The molecule has 1 aromatic carbocycles. The Morgan fingerprint density at radius 2 is 1.90 bits per heavy atom. The Hall–Kier alpha value is -2.69. The van der Waals surface area contributed by atoms with E-state index in [4.69, 9.17) is 5.73 Å². The molecule has 3 aromatic rings. The van der Waals surface area contributed by atoms with Gasteiger partial charge in [0.25, 0.3) is 0 Å². The zero-order valence-electron chi connectivity index (χ0n) is 15.9. The number of thiol groups is 1. The van der Waals surface area contributed by atoms with Crippen molar-refractivity contribution in [3.63, 3.8) is 0 Å². The number of fused-ring (bicyclic) bond motifs is 1. The molecule has 0 spiro atoms. The fourth-order valence-corrected chi connectivity index (χ4v) is 3.88. The zero-order chi connectivity index (χ0) is 20.2. The van der Waals surface area contributed by atoms with Gasteiger partial charge in [-0.2, -0.15) is 0 Å². The number of nitrogens with one attached hydrogen (secondary N) is 3. The van der Waals surface area contributed by atoms with Crippen LogP contribution in [0.5, 0.6) is 0 Å². The van der Waals surface area contributed by atoms with Crippen LogP contribution >= 0.6 is 0 Å². The minimum absolute atomic E-state index is 0.276. The van der Waals surface area contributed by atoms with Crippen LogP contribution in [0.4, 0.5) is 17.2 Å². The van der Waals surface area contributed by atoms with Crippen molar-refractivity contribution < 1.29 is 8.42 Å². The quantitative estimate of drug-likeness (QED) is 0.372. The maximum absolute atomic E-state index is 10.7. The first-order chi connectivity index (χ1) is 14.1. The van der Waals surface area contributed by atoms with Crippen LogP contribution < -0.4 is 21.1 Å². The van der Waals surface area contributed by atoms with E-state index in [1.54, 1.807) is 10.7 Å². The summed E-state index contributed by atoms with van der Waals surface area (Å²) in [6.07, 6.45) is 7.67. The van der Waals surface area contributed by atoms with E-state index < -0.39 is 10.9 Å². The lowest BCUT2D eigenvalue weighted by Gasteiger charge is -2.27. The Morgan fingerprint density at radius 3 is 2.62 bits per heavy atom. The van der Waals surface area contributed by atoms with Gasteiger partial charge in [-0.05, 0) is 43.4 Å². The minimum Gasteiger partial charge on any atom is -0.366 e. The van der Waals surface area contributed by atoms with Crippen LogP contribution in [-0.4, -0.2) is 35.1 Å². The van der Waals surface area contributed by atoms with E-state index in [9.17, 15) is 8.42 Å². The van der Waals surface area contributed by atoms with Crippen molar-refractivity contribution in [1.82, 2.24) is 19.3 Å². The van der Waals surface area contributed by atoms with Crippen LogP contribution in [0.1, 0.15) is 31.2 Å². The predicted octanol–water partition coefficient (Wildman–Crippen LogP) is 1.77. The fraction of sp³-hybridized carbons (Fsp3) is 0.368. The summed E-state index contributed by atoms with van der Waals surface area (Å²) in [6, 6.07) is 10.2. The number of imidazole rings is 1. The Bertz CT molecular complexity index is 1030. The smallest absolute Gasteiger partial charge is 0.201 e. The number of hydrogen-bond acceptors (Lipinski definition) is 7. The summed E-state index contributed by atoms with van der Waals surface area (Å²) < 4.78 is 25.5. The maximum atomic E-state index is 10.7. The molecular weight excluding hydrogens is 390 g/mol. The number of rotatable bonds is 7. The lowest BCUT2D eigenvalue weighted by atomic mass is 9.92. The van der Waals surface area contributed by atoms with E-state index in [-0.39, 0.29) is 6.54 Å². The van der Waals surface area contributed by atoms with Gasteiger partial charge in [0.15, 0.2) is 5.65 Å². The standard InChI is InChI=1S/C19H25N7O2S/c20-14-3-7-16(8-4-14)24-18-11-17(19-21-9-10-26(19)25-18)23-15-5-1-13(2-6-15)12-22-29(27)28/h1-2,5-6,9-11,14,16,23,29H,3-4,7-8,12,20H2,(H,24,25)(H,22,27,28). The van der Waals surface area contributed by atoms with Crippen LogP contribution in [0.3, 0.4) is 0 Å². The molecule has 2 aromatic heterocycles. The predicted molar refractivity (Wildman–Crippen MR) is 114 cm³/mol. The second-order valence-electron chi connectivity index (χ2n) is 7.31. The molecule has 1 aliphatic carbocycles. The average Bonchev–Trinajstić information content (AvgIpc) is 3.18. The Balaban J connectivity index is 1.51. The molecule has 0 radical (unpaired) electrons. The number of nitrogens with zero attached hydrogens (tertiary/aromatic N) is 3. The number of benzene rings is 1. The highest BCUT2D eigenvalue weighted by Crippen LogP contribution is 2.26. The minimum atomic E-state index is -2.60. The number of nitrogens with two attached hydrogens (primary N) is 1. The van der Waals surface area contributed by atoms with Gasteiger partial charge in [-0.3, -0.25) is 0 Å². The van der Waals surface area contributed by atoms with E-state index in [2.05, 4.69) is 25.4 Å². The number of aromatic nitrogens is 3. The monoisotopic (exact) mass is 415 g/mol. The normalized spacial score (nSPS) is 19.5. The highest BCUT2D eigenvalue weighted by molar-refractivity contribution is 7.70. The first kappa shape index (κ1) is 19.6.